The van der Waals surface area contributed by atoms with Crippen LogP contribution in [-0.4, -0.2) is 28.9 Å². The topological polar surface area (TPSA) is 58.6 Å². The Labute approximate surface area is 145 Å². The van der Waals surface area contributed by atoms with Crippen molar-refractivity contribution in [2.75, 3.05) is 0 Å². The fraction of sp³-hybridized carbons (Fsp3) is 0.550. The van der Waals surface area contributed by atoms with Crippen molar-refractivity contribution in [2.24, 2.45) is 0 Å². The molecule has 24 heavy (non-hydrogen) atoms. The number of benzene rings is 1. The molecule has 0 aliphatic carbocycles. The Bertz CT molecular complexity index is 505. The number of amides is 1. The zero-order valence-corrected chi connectivity index (χ0v) is 15.3. The summed E-state index contributed by atoms with van der Waals surface area (Å²) in [4.78, 5) is 12.0. The van der Waals surface area contributed by atoms with Gasteiger partial charge in [0.2, 0.25) is 0 Å². The van der Waals surface area contributed by atoms with Gasteiger partial charge < -0.3 is 15.2 Å². The molecule has 0 aliphatic rings. The van der Waals surface area contributed by atoms with Gasteiger partial charge in [-0.15, -0.1) is 0 Å². The highest BCUT2D eigenvalue weighted by Gasteiger charge is 2.22. The molecule has 2 atom stereocenters. The molecule has 0 spiro atoms. The standard InChI is InChI=1S/C20H31NO3/c1-5-6-8-13-18(22)17(21-19(23)24-20(2,3)4)15-14-16-11-9-7-10-12-16/h7,9-12,14-15,17-18,22H,5-6,8,13H2,1-4H3,(H,21,23)/b15-14+/t17-,18-/m0/s1. The predicted octanol–water partition coefficient (Wildman–Crippen LogP) is 4.53. The van der Waals surface area contributed by atoms with E-state index in [9.17, 15) is 9.90 Å². The first kappa shape index (κ1) is 20.2. The number of rotatable bonds is 8. The Balaban J connectivity index is 2.74. The monoisotopic (exact) mass is 333 g/mol. The molecular formula is C20H31NO3. The zero-order chi connectivity index (χ0) is 18.0. The normalized spacial score (nSPS) is 14.4. The van der Waals surface area contributed by atoms with E-state index in [1.807, 2.05) is 63.3 Å². The molecule has 0 bridgehead atoms. The number of hydrogen-bond donors (Lipinski definition) is 2. The molecule has 0 saturated carbocycles. The van der Waals surface area contributed by atoms with E-state index < -0.39 is 23.8 Å². The third-order valence-corrected chi connectivity index (χ3v) is 3.50. The zero-order valence-electron chi connectivity index (χ0n) is 15.3. The molecule has 1 aromatic carbocycles. The molecule has 2 N–H and O–H groups in total. The highest BCUT2D eigenvalue weighted by molar-refractivity contribution is 5.69. The predicted molar refractivity (Wildman–Crippen MR) is 98.8 cm³/mol. The van der Waals surface area contributed by atoms with E-state index >= 15 is 0 Å². The van der Waals surface area contributed by atoms with E-state index in [0.29, 0.717) is 6.42 Å². The van der Waals surface area contributed by atoms with Gasteiger partial charge in [0.05, 0.1) is 12.1 Å². The quantitative estimate of drug-likeness (QED) is 0.687. The Hall–Kier alpha value is -1.81. The van der Waals surface area contributed by atoms with Crippen LogP contribution in [0.15, 0.2) is 36.4 Å². The first-order valence-corrected chi connectivity index (χ1v) is 8.72. The van der Waals surface area contributed by atoms with Gasteiger partial charge in [-0.2, -0.15) is 0 Å². The number of nitrogens with one attached hydrogen (secondary N) is 1. The SMILES string of the molecule is CCCCC[C@H](O)[C@H](/C=C/c1ccccc1)NC(=O)OC(C)(C)C. The summed E-state index contributed by atoms with van der Waals surface area (Å²) in [6.07, 6.45) is 6.33. The van der Waals surface area contributed by atoms with Crippen LogP contribution in [-0.2, 0) is 4.74 Å². The Morgan fingerprint density at radius 2 is 1.92 bits per heavy atom. The Morgan fingerprint density at radius 1 is 1.25 bits per heavy atom. The van der Waals surface area contributed by atoms with Gasteiger partial charge in [0.25, 0.3) is 0 Å². The second kappa shape index (κ2) is 10.1. The molecule has 0 radical (unpaired) electrons. The maximum absolute atomic E-state index is 12.0. The van der Waals surface area contributed by atoms with Crippen molar-refractivity contribution in [3.05, 3.63) is 42.0 Å². The van der Waals surface area contributed by atoms with Crippen LogP contribution in [0, 0.1) is 0 Å². The van der Waals surface area contributed by atoms with Crippen LogP contribution in [0.5, 0.6) is 0 Å². The van der Waals surface area contributed by atoms with E-state index in [4.69, 9.17) is 4.74 Å². The van der Waals surface area contributed by atoms with E-state index in [1.165, 1.54) is 0 Å². The fourth-order valence-corrected chi connectivity index (χ4v) is 2.28. The smallest absolute Gasteiger partial charge is 0.408 e. The van der Waals surface area contributed by atoms with Gasteiger partial charge in [-0.3, -0.25) is 0 Å². The summed E-state index contributed by atoms with van der Waals surface area (Å²) in [6.45, 7) is 7.58. The first-order valence-electron chi connectivity index (χ1n) is 8.72. The maximum atomic E-state index is 12.0. The molecule has 134 valence electrons. The number of aliphatic hydroxyl groups excluding tert-OH is 1. The molecule has 1 amide bonds. The van der Waals surface area contributed by atoms with Crippen molar-refractivity contribution in [3.63, 3.8) is 0 Å². The van der Waals surface area contributed by atoms with Crippen molar-refractivity contribution in [3.8, 4) is 0 Å². The average molecular weight is 333 g/mol. The second-order valence-corrected chi connectivity index (χ2v) is 7.00. The van der Waals surface area contributed by atoms with Gasteiger partial charge in [-0.05, 0) is 32.8 Å². The lowest BCUT2D eigenvalue weighted by Gasteiger charge is -2.25. The Kier molecular flexibility index (Phi) is 8.55. The largest absolute Gasteiger partial charge is 0.444 e. The molecule has 0 aromatic heterocycles. The van der Waals surface area contributed by atoms with Crippen LogP contribution in [0.4, 0.5) is 4.79 Å². The van der Waals surface area contributed by atoms with Crippen LogP contribution in [0.1, 0.15) is 58.9 Å². The van der Waals surface area contributed by atoms with Crippen molar-refractivity contribution in [2.45, 2.75) is 71.1 Å². The summed E-state index contributed by atoms with van der Waals surface area (Å²) in [5.41, 5.74) is 0.458. The van der Waals surface area contributed by atoms with Crippen molar-refractivity contribution < 1.29 is 14.6 Å². The third-order valence-electron chi connectivity index (χ3n) is 3.50. The maximum Gasteiger partial charge on any atom is 0.408 e. The Morgan fingerprint density at radius 3 is 2.50 bits per heavy atom. The number of aliphatic hydroxyl groups is 1. The summed E-state index contributed by atoms with van der Waals surface area (Å²) in [5, 5.41) is 13.2. The van der Waals surface area contributed by atoms with Crippen LogP contribution >= 0.6 is 0 Å². The van der Waals surface area contributed by atoms with Crippen LogP contribution in [0.25, 0.3) is 6.08 Å². The number of carbonyl (C=O) groups excluding carboxylic acids is 1. The second-order valence-electron chi connectivity index (χ2n) is 7.00. The van der Waals surface area contributed by atoms with Gasteiger partial charge in [-0.1, -0.05) is 68.7 Å². The lowest BCUT2D eigenvalue weighted by atomic mass is 10.0. The molecule has 4 nitrogen and oxygen atoms in total. The molecule has 0 aliphatic heterocycles. The highest BCUT2D eigenvalue weighted by atomic mass is 16.6. The van der Waals surface area contributed by atoms with Gasteiger partial charge in [0.1, 0.15) is 5.60 Å². The number of hydrogen-bond acceptors (Lipinski definition) is 3. The van der Waals surface area contributed by atoms with Gasteiger partial charge in [0.15, 0.2) is 0 Å². The fourth-order valence-electron chi connectivity index (χ4n) is 2.28. The average Bonchev–Trinajstić information content (AvgIpc) is 2.50. The number of carbonyl (C=O) groups is 1. The van der Waals surface area contributed by atoms with Gasteiger partial charge in [-0.25, -0.2) is 4.79 Å². The van der Waals surface area contributed by atoms with E-state index in [1.54, 1.807) is 0 Å². The lowest BCUT2D eigenvalue weighted by Crippen LogP contribution is -2.44. The summed E-state index contributed by atoms with van der Waals surface area (Å²) in [5.74, 6) is 0. The van der Waals surface area contributed by atoms with E-state index in [-0.39, 0.29) is 0 Å². The van der Waals surface area contributed by atoms with Gasteiger partial charge in [0, 0.05) is 0 Å². The molecule has 4 heteroatoms. The molecule has 1 rings (SSSR count). The molecular weight excluding hydrogens is 302 g/mol. The molecule has 0 unspecified atom stereocenters. The minimum Gasteiger partial charge on any atom is -0.444 e. The van der Waals surface area contributed by atoms with Crippen molar-refractivity contribution in [1.82, 2.24) is 5.32 Å². The first-order chi connectivity index (χ1) is 11.3. The van der Waals surface area contributed by atoms with Crippen LogP contribution in [0.2, 0.25) is 0 Å². The van der Waals surface area contributed by atoms with Gasteiger partial charge >= 0.3 is 6.09 Å². The van der Waals surface area contributed by atoms with Crippen molar-refractivity contribution in [1.29, 1.82) is 0 Å². The molecule has 1 aromatic rings. The molecule has 0 fully saturated rings. The summed E-state index contributed by atoms with van der Waals surface area (Å²) in [6, 6.07) is 9.33. The van der Waals surface area contributed by atoms with Crippen LogP contribution in [0.3, 0.4) is 0 Å². The summed E-state index contributed by atoms with van der Waals surface area (Å²) in [7, 11) is 0. The molecule has 0 heterocycles. The number of ether oxygens (including phenoxy) is 1. The third kappa shape index (κ3) is 8.73. The minimum atomic E-state index is -0.635. The summed E-state index contributed by atoms with van der Waals surface area (Å²) >= 11 is 0. The van der Waals surface area contributed by atoms with Crippen molar-refractivity contribution >= 4 is 12.2 Å². The highest BCUT2D eigenvalue weighted by Crippen LogP contribution is 2.12. The van der Waals surface area contributed by atoms with Crippen LogP contribution < -0.4 is 5.32 Å². The minimum absolute atomic E-state index is 0.475. The molecule has 0 saturated heterocycles. The summed E-state index contributed by atoms with van der Waals surface area (Å²) < 4.78 is 5.30. The number of unbranched alkanes of at least 4 members (excludes halogenated alkanes) is 2. The van der Waals surface area contributed by atoms with E-state index in [2.05, 4.69) is 12.2 Å². The van der Waals surface area contributed by atoms with E-state index in [0.717, 1.165) is 24.8 Å². The lowest BCUT2D eigenvalue weighted by molar-refractivity contribution is 0.0447. The number of alkyl carbamates (subject to hydrolysis) is 1.